The molecule has 0 saturated carbocycles. The molecule has 1 atom stereocenters. The maximum atomic E-state index is 13.2. The second kappa shape index (κ2) is 5.72. The van der Waals surface area contributed by atoms with Crippen LogP contribution in [0.2, 0.25) is 0 Å². The normalized spacial score (nSPS) is 13.4. The first kappa shape index (κ1) is 12.8. The highest BCUT2D eigenvalue weighted by molar-refractivity contribution is 5.13. The lowest BCUT2D eigenvalue weighted by atomic mass is 10.2. The highest BCUT2D eigenvalue weighted by atomic mass is 19.3. The van der Waals surface area contributed by atoms with E-state index in [0.717, 1.165) is 11.6 Å². The Balaban J connectivity index is 2.56. The summed E-state index contributed by atoms with van der Waals surface area (Å²) in [6.45, 7) is 2.69. The minimum atomic E-state index is -3.07. The van der Waals surface area contributed by atoms with Crippen molar-refractivity contribution in [1.82, 2.24) is 0 Å². The Morgan fingerprint density at radius 1 is 1.38 bits per heavy atom. The van der Waals surface area contributed by atoms with Crippen LogP contribution in [0.15, 0.2) is 43.0 Å². The van der Waals surface area contributed by atoms with Gasteiger partial charge < -0.3 is 10.5 Å². The van der Waals surface area contributed by atoms with Gasteiger partial charge in [0.15, 0.2) is 0 Å². The summed E-state index contributed by atoms with van der Waals surface area (Å²) in [5.74, 6) is -3.07. The van der Waals surface area contributed by atoms with Crippen LogP contribution in [0.4, 0.5) is 8.78 Å². The number of nitrogens with two attached hydrogens (primary N) is 1. The third-order valence-electron chi connectivity index (χ3n) is 2.17. The summed E-state index contributed by atoms with van der Waals surface area (Å²) in [4.78, 5) is 0. The molecule has 16 heavy (non-hydrogen) atoms. The first-order valence-electron chi connectivity index (χ1n) is 4.96. The van der Waals surface area contributed by atoms with Crippen LogP contribution >= 0.6 is 0 Å². The van der Waals surface area contributed by atoms with E-state index >= 15 is 0 Å². The molecule has 0 aliphatic rings. The molecule has 2 nitrogen and oxygen atoms in total. The van der Waals surface area contributed by atoms with Crippen LogP contribution in [0.1, 0.15) is 5.56 Å². The SMILES string of the molecule is C=C[C@@H](OCc1ccccc1)C(F)(F)CN. The first-order valence-corrected chi connectivity index (χ1v) is 4.96. The number of benzene rings is 1. The molecule has 1 aromatic carbocycles. The van der Waals surface area contributed by atoms with Crippen LogP contribution in [0, 0.1) is 0 Å². The Kier molecular flexibility index (Phi) is 4.58. The van der Waals surface area contributed by atoms with E-state index in [1.165, 1.54) is 0 Å². The number of hydrogen-bond acceptors (Lipinski definition) is 2. The molecule has 1 aromatic rings. The van der Waals surface area contributed by atoms with E-state index in [-0.39, 0.29) is 6.61 Å². The molecule has 0 fully saturated rings. The minimum Gasteiger partial charge on any atom is -0.363 e. The molecular weight excluding hydrogens is 212 g/mol. The van der Waals surface area contributed by atoms with Gasteiger partial charge in [-0.05, 0) is 5.56 Å². The third kappa shape index (κ3) is 3.40. The molecule has 88 valence electrons. The van der Waals surface area contributed by atoms with Crippen molar-refractivity contribution < 1.29 is 13.5 Å². The van der Waals surface area contributed by atoms with E-state index in [0.29, 0.717) is 0 Å². The van der Waals surface area contributed by atoms with Gasteiger partial charge in [-0.2, -0.15) is 0 Å². The van der Waals surface area contributed by atoms with Gasteiger partial charge in [-0.1, -0.05) is 36.4 Å². The van der Waals surface area contributed by atoms with Gasteiger partial charge in [-0.25, -0.2) is 8.78 Å². The van der Waals surface area contributed by atoms with Gasteiger partial charge in [0.2, 0.25) is 0 Å². The molecule has 0 bridgehead atoms. The molecule has 0 spiro atoms. The van der Waals surface area contributed by atoms with Gasteiger partial charge in [0.25, 0.3) is 5.92 Å². The van der Waals surface area contributed by atoms with Crippen molar-refractivity contribution in [1.29, 1.82) is 0 Å². The van der Waals surface area contributed by atoms with Gasteiger partial charge in [-0.15, -0.1) is 6.58 Å². The van der Waals surface area contributed by atoms with Crippen molar-refractivity contribution in [2.24, 2.45) is 5.73 Å². The zero-order valence-corrected chi connectivity index (χ0v) is 8.90. The first-order chi connectivity index (χ1) is 7.60. The standard InChI is InChI=1S/C12H15F2NO/c1-2-11(12(13,14)9-15)16-8-10-6-4-3-5-7-10/h2-7,11H,1,8-9,15H2/t11-/m1/s1. The van der Waals surface area contributed by atoms with E-state index < -0.39 is 18.6 Å². The summed E-state index contributed by atoms with van der Waals surface area (Å²) in [7, 11) is 0. The highest BCUT2D eigenvalue weighted by Gasteiger charge is 2.36. The van der Waals surface area contributed by atoms with E-state index in [4.69, 9.17) is 10.5 Å². The van der Waals surface area contributed by atoms with Gasteiger partial charge in [0, 0.05) is 0 Å². The largest absolute Gasteiger partial charge is 0.363 e. The van der Waals surface area contributed by atoms with Crippen LogP contribution in [0.5, 0.6) is 0 Å². The van der Waals surface area contributed by atoms with Crippen LogP contribution < -0.4 is 5.73 Å². The summed E-state index contributed by atoms with van der Waals surface area (Å²) in [5, 5.41) is 0. The topological polar surface area (TPSA) is 35.2 Å². The molecule has 0 radical (unpaired) electrons. The van der Waals surface area contributed by atoms with Crippen LogP contribution in [-0.2, 0) is 11.3 Å². The summed E-state index contributed by atoms with van der Waals surface area (Å²) < 4.78 is 31.5. The summed E-state index contributed by atoms with van der Waals surface area (Å²) in [6, 6.07) is 9.11. The fraction of sp³-hybridized carbons (Fsp3) is 0.333. The van der Waals surface area contributed by atoms with Crippen molar-refractivity contribution in [3.63, 3.8) is 0 Å². The summed E-state index contributed by atoms with van der Waals surface area (Å²) in [5.41, 5.74) is 5.81. The third-order valence-corrected chi connectivity index (χ3v) is 2.17. The van der Waals surface area contributed by atoms with Gasteiger partial charge in [0.1, 0.15) is 6.10 Å². The fourth-order valence-electron chi connectivity index (χ4n) is 1.24. The Morgan fingerprint density at radius 2 is 2.00 bits per heavy atom. The number of alkyl halides is 2. The van der Waals surface area contributed by atoms with E-state index in [1.807, 2.05) is 18.2 Å². The fourth-order valence-corrected chi connectivity index (χ4v) is 1.24. The molecule has 0 heterocycles. The number of ether oxygens (including phenoxy) is 1. The van der Waals surface area contributed by atoms with Crippen molar-refractivity contribution >= 4 is 0 Å². The second-order valence-corrected chi connectivity index (χ2v) is 3.42. The quantitative estimate of drug-likeness (QED) is 0.757. The zero-order chi connectivity index (χ0) is 12.0. The van der Waals surface area contributed by atoms with Crippen molar-refractivity contribution in [2.75, 3.05) is 6.54 Å². The van der Waals surface area contributed by atoms with E-state index in [9.17, 15) is 8.78 Å². The monoisotopic (exact) mass is 227 g/mol. The minimum absolute atomic E-state index is 0.118. The molecule has 2 N–H and O–H groups in total. The number of rotatable bonds is 6. The Hall–Kier alpha value is -1.26. The molecular formula is C12H15F2NO. The molecule has 0 aliphatic carbocycles. The van der Waals surface area contributed by atoms with E-state index in [2.05, 4.69) is 6.58 Å². The lowest BCUT2D eigenvalue weighted by molar-refractivity contribution is -0.113. The van der Waals surface area contributed by atoms with Crippen molar-refractivity contribution in [3.8, 4) is 0 Å². The zero-order valence-electron chi connectivity index (χ0n) is 8.90. The lowest BCUT2D eigenvalue weighted by Crippen LogP contribution is -2.41. The van der Waals surface area contributed by atoms with Crippen molar-refractivity contribution in [2.45, 2.75) is 18.6 Å². The van der Waals surface area contributed by atoms with Gasteiger partial charge in [0.05, 0.1) is 13.2 Å². The average molecular weight is 227 g/mol. The number of halogens is 2. The van der Waals surface area contributed by atoms with Gasteiger partial charge >= 0.3 is 0 Å². The lowest BCUT2D eigenvalue weighted by Gasteiger charge is -2.22. The predicted molar refractivity (Wildman–Crippen MR) is 59.2 cm³/mol. The molecule has 1 rings (SSSR count). The molecule has 4 heteroatoms. The smallest absolute Gasteiger partial charge is 0.289 e. The maximum Gasteiger partial charge on any atom is 0.289 e. The van der Waals surface area contributed by atoms with Crippen LogP contribution in [0.3, 0.4) is 0 Å². The molecule has 0 amide bonds. The highest BCUT2D eigenvalue weighted by Crippen LogP contribution is 2.21. The average Bonchev–Trinajstić information content (AvgIpc) is 2.31. The number of hydrogen-bond donors (Lipinski definition) is 1. The molecule has 0 aliphatic heterocycles. The Morgan fingerprint density at radius 3 is 2.50 bits per heavy atom. The second-order valence-electron chi connectivity index (χ2n) is 3.42. The van der Waals surface area contributed by atoms with Crippen LogP contribution in [0.25, 0.3) is 0 Å². The molecule has 0 unspecified atom stereocenters. The van der Waals surface area contributed by atoms with Crippen LogP contribution in [-0.4, -0.2) is 18.6 Å². The Bertz CT molecular complexity index is 327. The Labute approximate surface area is 93.7 Å². The molecule has 0 saturated heterocycles. The van der Waals surface area contributed by atoms with Gasteiger partial charge in [-0.3, -0.25) is 0 Å². The van der Waals surface area contributed by atoms with Crippen molar-refractivity contribution in [3.05, 3.63) is 48.6 Å². The van der Waals surface area contributed by atoms with E-state index in [1.54, 1.807) is 12.1 Å². The maximum absolute atomic E-state index is 13.2. The summed E-state index contributed by atoms with van der Waals surface area (Å²) >= 11 is 0. The molecule has 0 aromatic heterocycles. The summed E-state index contributed by atoms with van der Waals surface area (Å²) in [6.07, 6.45) is -0.270. The predicted octanol–water partition coefficient (Wildman–Crippen LogP) is 2.35.